The molecule has 3 N–H and O–H groups in total. The Hall–Kier alpha value is -1.66. The quantitative estimate of drug-likeness (QED) is 0.595. The number of nitrogens with zero attached hydrogens (tertiary/aromatic N) is 1. The Morgan fingerprint density at radius 3 is 2.65 bits per heavy atom. The number of hydrogen-bond acceptors (Lipinski definition) is 5. The molecule has 17 heavy (non-hydrogen) atoms. The third-order valence-electron chi connectivity index (χ3n) is 2.04. The summed E-state index contributed by atoms with van der Waals surface area (Å²) in [5, 5.41) is 20.3. The second-order valence-electron chi connectivity index (χ2n) is 4.36. The van der Waals surface area contributed by atoms with Crippen molar-refractivity contribution < 1.29 is 14.8 Å². The molecule has 0 aliphatic heterocycles. The molecule has 94 valence electrons. The monoisotopic (exact) mass is 240 g/mol. The highest BCUT2D eigenvalue weighted by molar-refractivity contribution is 5.48. The van der Waals surface area contributed by atoms with Crippen LogP contribution >= 0.6 is 0 Å². The second kappa shape index (κ2) is 5.11. The Kier molecular flexibility index (Phi) is 4.03. The van der Waals surface area contributed by atoms with Crippen LogP contribution in [0.4, 0.5) is 5.69 Å². The number of aliphatic hydroxyl groups is 1. The van der Waals surface area contributed by atoms with E-state index in [4.69, 9.17) is 10.5 Å². The van der Waals surface area contributed by atoms with Crippen molar-refractivity contribution in [3.63, 3.8) is 0 Å². The molecule has 0 heterocycles. The summed E-state index contributed by atoms with van der Waals surface area (Å²) < 4.78 is 5.23. The molecule has 0 saturated heterocycles. The summed E-state index contributed by atoms with van der Waals surface area (Å²) in [7, 11) is 0. The fourth-order valence-electron chi connectivity index (χ4n) is 1.21. The lowest BCUT2D eigenvalue weighted by Crippen LogP contribution is -2.28. The van der Waals surface area contributed by atoms with Gasteiger partial charge in [0.2, 0.25) is 0 Å². The summed E-state index contributed by atoms with van der Waals surface area (Å²) >= 11 is 0. The van der Waals surface area contributed by atoms with Crippen molar-refractivity contribution in [3.05, 3.63) is 33.9 Å². The zero-order valence-corrected chi connectivity index (χ0v) is 9.84. The van der Waals surface area contributed by atoms with Gasteiger partial charge in [0.05, 0.1) is 10.5 Å². The minimum absolute atomic E-state index is 0.0180. The number of hydrogen-bond donors (Lipinski definition) is 2. The van der Waals surface area contributed by atoms with Crippen molar-refractivity contribution in [3.8, 4) is 5.75 Å². The fourth-order valence-corrected chi connectivity index (χ4v) is 1.21. The topological polar surface area (TPSA) is 98.6 Å². The average Bonchev–Trinajstić information content (AvgIpc) is 2.25. The molecule has 0 radical (unpaired) electrons. The van der Waals surface area contributed by atoms with Crippen LogP contribution in [0.5, 0.6) is 5.75 Å². The van der Waals surface area contributed by atoms with Crippen molar-refractivity contribution in [2.75, 3.05) is 6.61 Å². The Morgan fingerprint density at radius 2 is 2.18 bits per heavy atom. The van der Waals surface area contributed by atoms with Gasteiger partial charge in [0.1, 0.15) is 6.61 Å². The minimum Gasteiger partial charge on any atom is -0.484 e. The van der Waals surface area contributed by atoms with E-state index in [2.05, 4.69) is 0 Å². The van der Waals surface area contributed by atoms with Gasteiger partial charge in [0.25, 0.3) is 0 Å². The second-order valence-corrected chi connectivity index (χ2v) is 4.36. The van der Waals surface area contributed by atoms with Crippen LogP contribution in [0.2, 0.25) is 0 Å². The van der Waals surface area contributed by atoms with E-state index in [1.165, 1.54) is 12.1 Å². The first-order valence-electron chi connectivity index (χ1n) is 5.16. The lowest BCUT2D eigenvalue weighted by molar-refractivity contribution is -0.386. The highest BCUT2D eigenvalue weighted by Gasteiger charge is 2.19. The van der Waals surface area contributed by atoms with Crippen molar-refractivity contribution in [1.82, 2.24) is 0 Å². The first-order valence-corrected chi connectivity index (χ1v) is 5.16. The number of rotatable bonds is 5. The van der Waals surface area contributed by atoms with Gasteiger partial charge in [-0.05, 0) is 25.5 Å². The van der Waals surface area contributed by atoms with Crippen molar-refractivity contribution >= 4 is 5.69 Å². The van der Waals surface area contributed by atoms with Gasteiger partial charge >= 0.3 is 5.69 Å². The highest BCUT2D eigenvalue weighted by Crippen LogP contribution is 2.28. The maximum Gasteiger partial charge on any atom is 0.311 e. The molecule has 0 unspecified atom stereocenters. The Morgan fingerprint density at radius 1 is 1.53 bits per heavy atom. The molecule has 0 aliphatic rings. The lowest BCUT2D eigenvalue weighted by atomic mass is 10.1. The molecule has 0 saturated carbocycles. The smallest absolute Gasteiger partial charge is 0.311 e. The van der Waals surface area contributed by atoms with Crippen LogP contribution in [0.1, 0.15) is 19.4 Å². The number of benzene rings is 1. The molecule has 1 aromatic carbocycles. The standard InChI is InChI=1S/C11H16N2O4/c1-11(2,14)7-17-10-4-3-8(6-12)5-9(10)13(15)16/h3-5,14H,6-7,12H2,1-2H3. The van der Waals surface area contributed by atoms with Gasteiger partial charge < -0.3 is 15.6 Å². The normalized spacial score (nSPS) is 11.3. The summed E-state index contributed by atoms with van der Waals surface area (Å²) in [4.78, 5) is 10.3. The van der Waals surface area contributed by atoms with Gasteiger partial charge in [-0.1, -0.05) is 6.07 Å². The summed E-state index contributed by atoms with van der Waals surface area (Å²) in [6, 6.07) is 4.53. The summed E-state index contributed by atoms with van der Waals surface area (Å²) in [6.07, 6.45) is 0. The van der Waals surface area contributed by atoms with E-state index in [0.717, 1.165) is 0 Å². The number of ether oxygens (including phenoxy) is 1. The predicted molar refractivity (Wildman–Crippen MR) is 62.8 cm³/mol. The maximum absolute atomic E-state index is 10.8. The van der Waals surface area contributed by atoms with Crippen LogP contribution < -0.4 is 10.5 Å². The third-order valence-corrected chi connectivity index (χ3v) is 2.04. The fraction of sp³-hybridized carbons (Fsp3) is 0.455. The van der Waals surface area contributed by atoms with Crippen LogP contribution in [-0.2, 0) is 6.54 Å². The Labute approximate surface area is 99.2 Å². The zero-order valence-electron chi connectivity index (χ0n) is 9.84. The van der Waals surface area contributed by atoms with Crippen molar-refractivity contribution in [2.24, 2.45) is 5.73 Å². The van der Waals surface area contributed by atoms with Gasteiger partial charge in [0.15, 0.2) is 5.75 Å². The molecule has 1 rings (SSSR count). The van der Waals surface area contributed by atoms with Crippen LogP contribution in [0.15, 0.2) is 18.2 Å². The van der Waals surface area contributed by atoms with Gasteiger partial charge in [-0.3, -0.25) is 10.1 Å². The highest BCUT2D eigenvalue weighted by atomic mass is 16.6. The maximum atomic E-state index is 10.8. The van der Waals surface area contributed by atoms with Crippen LogP contribution in [0.25, 0.3) is 0 Å². The SMILES string of the molecule is CC(C)(O)COc1ccc(CN)cc1[N+](=O)[O-]. The summed E-state index contributed by atoms with van der Waals surface area (Å²) in [5.74, 6) is 0.134. The van der Waals surface area contributed by atoms with E-state index in [1.54, 1.807) is 19.9 Å². The molecule has 0 amide bonds. The van der Waals surface area contributed by atoms with Crippen LogP contribution in [0, 0.1) is 10.1 Å². The van der Waals surface area contributed by atoms with Gasteiger partial charge in [0, 0.05) is 12.6 Å². The molecule has 0 bridgehead atoms. The van der Waals surface area contributed by atoms with Gasteiger partial charge in [-0.15, -0.1) is 0 Å². The first-order chi connectivity index (χ1) is 7.83. The average molecular weight is 240 g/mol. The third kappa shape index (κ3) is 4.01. The van der Waals surface area contributed by atoms with Crippen LogP contribution in [-0.4, -0.2) is 22.2 Å². The number of nitrogens with two attached hydrogens (primary N) is 1. The predicted octanol–water partition coefficient (Wildman–Crippen LogP) is 1.20. The molecular formula is C11H16N2O4. The minimum atomic E-state index is -1.04. The summed E-state index contributed by atoms with van der Waals surface area (Å²) in [6.45, 7) is 3.34. The van der Waals surface area contributed by atoms with Gasteiger partial charge in [-0.25, -0.2) is 0 Å². The first kappa shape index (κ1) is 13.4. The van der Waals surface area contributed by atoms with E-state index in [-0.39, 0.29) is 24.6 Å². The zero-order chi connectivity index (χ0) is 13.1. The molecule has 6 nitrogen and oxygen atoms in total. The van der Waals surface area contributed by atoms with Crippen molar-refractivity contribution in [1.29, 1.82) is 0 Å². The van der Waals surface area contributed by atoms with E-state index < -0.39 is 10.5 Å². The van der Waals surface area contributed by atoms with E-state index in [9.17, 15) is 15.2 Å². The van der Waals surface area contributed by atoms with E-state index >= 15 is 0 Å². The molecule has 0 spiro atoms. The summed E-state index contributed by atoms with van der Waals surface area (Å²) in [5.41, 5.74) is 4.89. The molecule has 0 aromatic heterocycles. The molecule has 0 aliphatic carbocycles. The number of nitro groups is 1. The Balaban J connectivity index is 2.95. The van der Waals surface area contributed by atoms with E-state index in [0.29, 0.717) is 5.56 Å². The number of nitro benzene ring substituents is 1. The van der Waals surface area contributed by atoms with E-state index in [1.807, 2.05) is 0 Å². The molecule has 0 fully saturated rings. The van der Waals surface area contributed by atoms with Crippen molar-refractivity contribution in [2.45, 2.75) is 26.0 Å². The van der Waals surface area contributed by atoms with Gasteiger partial charge in [-0.2, -0.15) is 0 Å². The molecular weight excluding hydrogens is 224 g/mol. The largest absolute Gasteiger partial charge is 0.484 e. The molecule has 1 aromatic rings. The molecule has 6 heteroatoms. The lowest BCUT2D eigenvalue weighted by Gasteiger charge is -2.17. The Bertz CT molecular complexity index is 412. The van der Waals surface area contributed by atoms with Crippen LogP contribution in [0.3, 0.4) is 0 Å². The molecule has 0 atom stereocenters.